The number of benzene rings is 2. The summed E-state index contributed by atoms with van der Waals surface area (Å²) in [5.41, 5.74) is 1.37. The summed E-state index contributed by atoms with van der Waals surface area (Å²) < 4.78 is 14.0. The van der Waals surface area contributed by atoms with Crippen LogP contribution in [0.3, 0.4) is 0 Å². The second kappa shape index (κ2) is 4.96. The van der Waals surface area contributed by atoms with Crippen molar-refractivity contribution in [1.29, 1.82) is 0 Å². The normalized spacial score (nSPS) is 10.9. The molecule has 2 aromatic carbocycles. The van der Waals surface area contributed by atoms with E-state index in [0.717, 1.165) is 10.4 Å². The van der Waals surface area contributed by atoms with E-state index in [4.69, 9.17) is 23.2 Å². The predicted molar refractivity (Wildman–Crippen MR) is 79.3 cm³/mol. The minimum absolute atomic E-state index is 0.296. The highest BCUT2D eigenvalue weighted by molar-refractivity contribution is 7.22. The van der Waals surface area contributed by atoms with Crippen LogP contribution in [-0.4, -0.2) is 4.98 Å². The molecule has 0 spiro atoms. The lowest BCUT2D eigenvalue weighted by molar-refractivity contribution is 0.629. The van der Waals surface area contributed by atoms with Crippen molar-refractivity contribution >= 4 is 55.6 Å². The topological polar surface area (TPSA) is 24.9 Å². The number of nitrogens with one attached hydrogen (secondary N) is 1. The monoisotopic (exact) mass is 312 g/mol. The van der Waals surface area contributed by atoms with E-state index in [2.05, 4.69) is 10.3 Å². The highest BCUT2D eigenvalue weighted by Gasteiger charge is 2.06. The van der Waals surface area contributed by atoms with Gasteiger partial charge in [0.1, 0.15) is 5.82 Å². The molecule has 1 aromatic heterocycles. The molecule has 0 aliphatic heterocycles. The maximum Gasteiger partial charge on any atom is 0.188 e. The molecule has 19 heavy (non-hydrogen) atoms. The number of anilines is 2. The number of nitrogens with zero attached hydrogens (tertiary/aromatic N) is 1. The summed E-state index contributed by atoms with van der Waals surface area (Å²) in [4.78, 5) is 4.31. The van der Waals surface area contributed by atoms with Gasteiger partial charge in [0.15, 0.2) is 5.13 Å². The molecular weight excluding hydrogens is 306 g/mol. The minimum atomic E-state index is -0.296. The average molecular weight is 313 g/mol. The zero-order chi connectivity index (χ0) is 13.4. The van der Waals surface area contributed by atoms with Crippen molar-refractivity contribution in [3.63, 3.8) is 0 Å². The Balaban J connectivity index is 1.96. The van der Waals surface area contributed by atoms with Gasteiger partial charge >= 0.3 is 0 Å². The van der Waals surface area contributed by atoms with Gasteiger partial charge in [0.05, 0.1) is 10.2 Å². The Bertz CT molecular complexity index is 737. The van der Waals surface area contributed by atoms with E-state index in [0.29, 0.717) is 20.7 Å². The van der Waals surface area contributed by atoms with E-state index in [9.17, 15) is 4.39 Å². The molecule has 0 amide bonds. The van der Waals surface area contributed by atoms with E-state index in [-0.39, 0.29) is 5.82 Å². The van der Waals surface area contributed by atoms with Gasteiger partial charge < -0.3 is 5.32 Å². The van der Waals surface area contributed by atoms with Crippen LogP contribution in [0.1, 0.15) is 0 Å². The maximum atomic E-state index is 13.1. The van der Waals surface area contributed by atoms with Crippen molar-refractivity contribution in [2.75, 3.05) is 5.32 Å². The number of aromatic nitrogens is 1. The average Bonchev–Trinajstić information content (AvgIpc) is 2.68. The largest absolute Gasteiger partial charge is 0.331 e. The van der Waals surface area contributed by atoms with Gasteiger partial charge in [0.25, 0.3) is 0 Å². The number of halogens is 3. The van der Waals surface area contributed by atoms with Crippen LogP contribution >= 0.6 is 34.5 Å². The standard InChI is InChI=1S/C13H7Cl2FN2S/c14-7-3-8(15)5-10(4-7)17-13-18-11-6-9(16)1-2-12(11)19-13/h1-6H,(H,17,18). The molecule has 0 fully saturated rings. The number of thiazole rings is 1. The molecule has 0 unspecified atom stereocenters. The summed E-state index contributed by atoms with van der Waals surface area (Å²) in [5.74, 6) is -0.296. The lowest BCUT2D eigenvalue weighted by Crippen LogP contribution is -1.88. The van der Waals surface area contributed by atoms with Crippen LogP contribution in [0.4, 0.5) is 15.2 Å². The Morgan fingerprint density at radius 2 is 1.79 bits per heavy atom. The third-order valence-corrected chi connectivity index (χ3v) is 3.85. The van der Waals surface area contributed by atoms with Crippen LogP contribution in [0.15, 0.2) is 36.4 Å². The molecule has 96 valence electrons. The zero-order valence-electron chi connectivity index (χ0n) is 9.45. The highest BCUT2D eigenvalue weighted by Crippen LogP contribution is 2.30. The Hall–Kier alpha value is -1.36. The van der Waals surface area contributed by atoms with Crippen molar-refractivity contribution < 1.29 is 4.39 Å². The van der Waals surface area contributed by atoms with Crippen LogP contribution in [-0.2, 0) is 0 Å². The number of hydrogen-bond acceptors (Lipinski definition) is 3. The number of hydrogen-bond donors (Lipinski definition) is 1. The molecule has 0 saturated carbocycles. The second-order valence-electron chi connectivity index (χ2n) is 3.91. The van der Waals surface area contributed by atoms with Gasteiger partial charge in [0, 0.05) is 21.8 Å². The lowest BCUT2D eigenvalue weighted by Gasteiger charge is -2.03. The van der Waals surface area contributed by atoms with Crippen molar-refractivity contribution in [3.8, 4) is 0 Å². The molecule has 0 radical (unpaired) electrons. The summed E-state index contributed by atoms with van der Waals surface area (Å²) in [6.45, 7) is 0. The molecule has 0 aliphatic rings. The first-order valence-corrected chi connectivity index (χ1v) is 6.96. The van der Waals surface area contributed by atoms with Crippen molar-refractivity contribution in [1.82, 2.24) is 4.98 Å². The van der Waals surface area contributed by atoms with E-state index >= 15 is 0 Å². The Labute approximate surface area is 122 Å². The highest BCUT2D eigenvalue weighted by atomic mass is 35.5. The van der Waals surface area contributed by atoms with E-state index in [1.165, 1.54) is 23.5 Å². The fraction of sp³-hybridized carbons (Fsp3) is 0. The van der Waals surface area contributed by atoms with Crippen LogP contribution in [0, 0.1) is 5.82 Å². The fourth-order valence-corrected chi connectivity index (χ4v) is 3.10. The first-order chi connectivity index (χ1) is 9.10. The predicted octanol–water partition coefficient (Wildman–Crippen LogP) is 5.49. The van der Waals surface area contributed by atoms with Crippen molar-refractivity contribution in [2.24, 2.45) is 0 Å². The van der Waals surface area contributed by atoms with Crippen LogP contribution in [0.25, 0.3) is 10.2 Å². The molecule has 2 nitrogen and oxygen atoms in total. The molecule has 3 rings (SSSR count). The molecule has 0 saturated heterocycles. The molecule has 0 atom stereocenters. The van der Waals surface area contributed by atoms with Crippen LogP contribution in [0.2, 0.25) is 10.0 Å². The molecule has 3 aromatic rings. The Morgan fingerprint density at radius 1 is 1.05 bits per heavy atom. The zero-order valence-corrected chi connectivity index (χ0v) is 11.8. The van der Waals surface area contributed by atoms with Gasteiger partial charge in [-0.05, 0) is 30.3 Å². The molecule has 0 bridgehead atoms. The molecule has 1 N–H and O–H groups in total. The van der Waals surface area contributed by atoms with Gasteiger partial charge in [-0.25, -0.2) is 9.37 Å². The third kappa shape index (κ3) is 2.81. The quantitative estimate of drug-likeness (QED) is 0.677. The van der Waals surface area contributed by atoms with Crippen LogP contribution < -0.4 is 5.32 Å². The van der Waals surface area contributed by atoms with Gasteiger partial charge in [-0.1, -0.05) is 34.5 Å². The third-order valence-electron chi connectivity index (χ3n) is 2.46. The van der Waals surface area contributed by atoms with E-state index in [1.54, 1.807) is 24.3 Å². The van der Waals surface area contributed by atoms with Crippen LogP contribution in [0.5, 0.6) is 0 Å². The summed E-state index contributed by atoms with van der Waals surface area (Å²) in [7, 11) is 0. The fourth-order valence-electron chi connectivity index (χ4n) is 1.70. The second-order valence-corrected chi connectivity index (χ2v) is 5.82. The first-order valence-electron chi connectivity index (χ1n) is 5.39. The summed E-state index contributed by atoms with van der Waals surface area (Å²) >= 11 is 13.3. The number of rotatable bonds is 2. The SMILES string of the molecule is Fc1ccc2sc(Nc3cc(Cl)cc(Cl)c3)nc2c1. The molecule has 1 heterocycles. The summed E-state index contributed by atoms with van der Waals surface area (Å²) in [6, 6.07) is 9.68. The van der Waals surface area contributed by atoms with Crippen molar-refractivity contribution in [3.05, 3.63) is 52.3 Å². The minimum Gasteiger partial charge on any atom is -0.331 e. The lowest BCUT2D eigenvalue weighted by atomic mass is 10.3. The van der Waals surface area contributed by atoms with E-state index in [1.807, 2.05) is 0 Å². The maximum absolute atomic E-state index is 13.1. The Morgan fingerprint density at radius 3 is 2.53 bits per heavy atom. The smallest absolute Gasteiger partial charge is 0.188 e. The summed E-state index contributed by atoms with van der Waals surface area (Å²) in [5, 5.41) is 4.86. The molecule has 0 aliphatic carbocycles. The van der Waals surface area contributed by atoms with Gasteiger partial charge in [-0.2, -0.15) is 0 Å². The Kier molecular flexibility index (Phi) is 3.31. The van der Waals surface area contributed by atoms with Gasteiger partial charge in [0.2, 0.25) is 0 Å². The van der Waals surface area contributed by atoms with Gasteiger partial charge in [-0.3, -0.25) is 0 Å². The molecular formula is C13H7Cl2FN2S. The molecule has 6 heteroatoms. The van der Waals surface area contributed by atoms with Crippen molar-refractivity contribution in [2.45, 2.75) is 0 Å². The number of fused-ring (bicyclic) bond motifs is 1. The first kappa shape index (κ1) is 12.7. The van der Waals surface area contributed by atoms with Gasteiger partial charge in [-0.15, -0.1) is 0 Å². The summed E-state index contributed by atoms with van der Waals surface area (Å²) in [6.07, 6.45) is 0. The van der Waals surface area contributed by atoms with E-state index < -0.39 is 0 Å².